The molecule has 0 spiro atoms. The summed E-state index contributed by atoms with van der Waals surface area (Å²) >= 11 is 0. The van der Waals surface area contributed by atoms with E-state index in [1.807, 2.05) is 24.8 Å². The van der Waals surface area contributed by atoms with E-state index in [1.54, 1.807) is 0 Å². The summed E-state index contributed by atoms with van der Waals surface area (Å²) in [6, 6.07) is 5.32. The summed E-state index contributed by atoms with van der Waals surface area (Å²) in [7, 11) is 0. The predicted octanol–water partition coefficient (Wildman–Crippen LogP) is 2.46. The van der Waals surface area contributed by atoms with Crippen LogP contribution in [-0.4, -0.2) is 53.5 Å². The van der Waals surface area contributed by atoms with Crippen LogP contribution in [-0.2, 0) is 0 Å². The van der Waals surface area contributed by atoms with Gasteiger partial charge in [0.25, 0.3) is 5.91 Å². The van der Waals surface area contributed by atoms with Crippen molar-refractivity contribution in [2.75, 3.05) is 42.9 Å². The monoisotopic (exact) mass is 361 g/mol. The third-order valence-electron chi connectivity index (χ3n) is 4.24. The highest BCUT2D eigenvalue weighted by atomic mass is 19.1. The van der Waals surface area contributed by atoms with E-state index in [4.69, 9.17) is 0 Å². The minimum atomic E-state index is -0.834. The van der Waals surface area contributed by atoms with E-state index in [0.29, 0.717) is 32.1 Å². The molecule has 1 aromatic heterocycles. The van der Waals surface area contributed by atoms with Crippen molar-refractivity contribution >= 4 is 17.7 Å². The second-order valence-electron chi connectivity index (χ2n) is 6.10. The lowest BCUT2D eigenvalue weighted by atomic mass is 10.1. The first-order chi connectivity index (χ1) is 12.5. The maximum atomic E-state index is 13.8. The van der Waals surface area contributed by atoms with Gasteiger partial charge in [0.05, 0.1) is 0 Å². The molecule has 0 atom stereocenters. The molecule has 0 unspecified atom stereocenters. The SMILES string of the molecule is CCNc1nc(C)cc(N2CCN(C(=O)c3c(F)cccc3F)CC2)n1. The Morgan fingerprint density at radius 3 is 2.42 bits per heavy atom. The fourth-order valence-electron chi connectivity index (χ4n) is 2.95. The van der Waals surface area contributed by atoms with Crippen LogP contribution in [0.4, 0.5) is 20.5 Å². The molecular formula is C18H21F2N5O. The van der Waals surface area contributed by atoms with Gasteiger partial charge in [-0.05, 0) is 26.0 Å². The summed E-state index contributed by atoms with van der Waals surface area (Å²) < 4.78 is 27.7. The van der Waals surface area contributed by atoms with Gasteiger partial charge in [0.15, 0.2) is 0 Å². The average Bonchev–Trinajstić information content (AvgIpc) is 2.61. The smallest absolute Gasteiger partial charge is 0.259 e. The van der Waals surface area contributed by atoms with Crippen molar-refractivity contribution in [2.24, 2.45) is 0 Å². The number of halogens is 2. The molecule has 1 amide bonds. The molecule has 26 heavy (non-hydrogen) atoms. The molecule has 1 aliphatic heterocycles. The van der Waals surface area contributed by atoms with E-state index in [1.165, 1.54) is 11.0 Å². The number of piperazine rings is 1. The molecule has 6 nitrogen and oxygen atoms in total. The molecule has 138 valence electrons. The average molecular weight is 361 g/mol. The van der Waals surface area contributed by atoms with Gasteiger partial charge in [-0.25, -0.2) is 13.8 Å². The fourth-order valence-corrected chi connectivity index (χ4v) is 2.95. The van der Waals surface area contributed by atoms with E-state index in [9.17, 15) is 13.6 Å². The van der Waals surface area contributed by atoms with Gasteiger partial charge in [0.1, 0.15) is 23.0 Å². The molecule has 2 aromatic rings. The van der Waals surface area contributed by atoms with Crippen molar-refractivity contribution in [1.29, 1.82) is 0 Å². The van der Waals surface area contributed by atoms with Gasteiger partial charge in [-0.2, -0.15) is 4.98 Å². The molecule has 3 rings (SSSR count). The number of carbonyl (C=O) groups is 1. The number of benzene rings is 1. The van der Waals surface area contributed by atoms with Crippen LogP contribution in [0.2, 0.25) is 0 Å². The normalized spacial score (nSPS) is 14.5. The van der Waals surface area contributed by atoms with Gasteiger partial charge in [-0.1, -0.05) is 6.07 Å². The summed E-state index contributed by atoms with van der Waals surface area (Å²) in [6.45, 7) is 6.38. The third-order valence-corrected chi connectivity index (χ3v) is 4.24. The lowest BCUT2D eigenvalue weighted by molar-refractivity contribution is 0.0736. The highest BCUT2D eigenvalue weighted by Gasteiger charge is 2.27. The summed E-state index contributed by atoms with van der Waals surface area (Å²) in [5.74, 6) is -0.946. The Morgan fingerprint density at radius 1 is 1.15 bits per heavy atom. The van der Waals surface area contributed by atoms with Crippen molar-refractivity contribution in [2.45, 2.75) is 13.8 Å². The first-order valence-electron chi connectivity index (χ1n) is 8.57. The van der Waals surface area contributed by atoms with E-state index >= 15 is 0 Å². The van der Waals surface area contributed by atoms with Crippen molar-refractivity contribution in [3.05, 3.63) is 47.2 Å². The highest BCUT2D eigenvalue weighted by molar-refractivity contribution is 5.95. The molecule has 2 heterocycles. The number of anilines is 2. The van der Waals surface area contributed by atoms with Crippen LogP contribution >= 0.6 is 0 Å². The lowest BCUT2D eigenvalue weighted by Crippen LogP contribution is -2.49. The zero-order chi connectivity index (χ0) is 18.7. The van der Waals surface area contributed by atoms with Crippen molar-refractivity contribution < 1.29 is 13.6 Å². The first kappa shape index (κ1) is 18.0. The number of hydrogen-bond donors (Lipinski definition) is 1. The molecule has 1 aliphatic rings. The van der Waals surface area contributed by atoms with Crippen LogP contribution in [0.15, 0.2) is 24.3 Å². The number of rotatable bonds is 4. The van der Waals surface area contributed by atoms with Crippen LogP contribution in [0.3, 0.4) is 0 Å². The van der Waals surface area contributed by atoms with Crippen molar-refractivity contribution in [3.63, 3.8) is 0 Å². The second-order valence-corrected chi connectivity index (χ2v) is 6.10. The number of nitrogens with zero attached hydrogens (tertiary/aromatic N) is 4. The van der Waals surface area contributed by atoms with E-state index in [2.05, 4.69) is 15.3 Å². The summed E-state index contributed by atoms with van der Waals surface area (Å²) in [6.07, 6.45) is 0. The van der Waals surface area contributed by atoms with Gasteiger partial charge in [-0.3, -0.25) is 4.79 Å². The molecule has 0 radical (unpaired) electrons. The quantitative estimate of drug-likeness (QED) is 0.906. The summed E-state index contributed by atoms with van der Waals surface area (Å²) in [4.78, 5) is 24.8. The minimum Gasteiger partial charge on any atom is -0.354 e. The van der Waals surface area contributed by atoms with E-state index in [-0.39, 0.29) is 0 Å². The Hall–Kier alpha value is -2.77. The van der Waals surface area contributed by atoms with Crippen molar-refractivity contribution in [3.8, 4) is 0 Å². The molecule has 0 saturated carbocycles. The van der Waals surface area contributed by atoms with Crippen LogP contribution in [0, 0.1) is 18.6 Å². The maximum Gasteiger partial charge on any atom is 0.259 e. The summed E-state index contributed by atoms with van der Waals surface area (Å²) in [5.41, 5.74) is 0.353. The van der Waals surface area contributed by atoms with Crippen LogP contribution < -0.4 is 10.2 Å². The molecular weight excluding hydrogens is 340 g/mol. The van der Waals surface area contributed by atoms with Gasteiger partial charge in [0.2, 0.25) is 5.95 Å². The molecule has 0 bridgehead atoms. The molecule has 1 saturated heterocycles. The zero-order valence-electron chi connectivity index (χ0n) is 14.8. The Balaban J connectivity index is 1.70. The first-order valence-corrected chi connectivity index (χ1v) is 8.57. The van der Waals surface area contributed by atoms with Crippen LogP contribution in [0.5, 0.6) is 0 Å². The van der Waals surface area contributed by atoms with Gasteiger partial charge >= 0.3 is 0 Å². The predicted molar refractivity (Wildman–Crippen MR) is 95.4 cm³/mol. The van der Waals surface area contributed by atoms with Gasteiger partial charge in [-0.15, -0.1) is 0 Å². The molecule has 8 heteroatoms. The maximum absolute atomic E-state index is 13.8. The molecule has 1 fully saturated rings. The van der Waals surface area contributed by atoms with Crippen molar-refractivity contribution in [1.82, 2.24) is 14.9 Å². The number of aromatic nitrogens is 2. The molecule has 1 N–H and O–H groups in total. The fraction of sp³-hybridized carbons (Fsp3) is 0.389. The Morgan fingerprint density at radius 2 is 1.81 bits per heavy atom. The molecule has 1 aromatic carbocycles. The zero-order valence-corrected chi connectivity index (χ0v) is 14.8. The third kappa shape index (κ3) is 3.74. The number of carbonyl (C=O) groups excluding carboxylic acids is 1. The minimum absolute atomic E-state index is 0.367. The standard InChI is InChI=1S/C18H21F2N5O/c1-3-21-18-22-12(2)11-15(23-18)24-7-9-25(10-8-24)17(26)16-13(19)5-4-6-14(16)20/h4-6,11H,3,7-10H2,1-2H3,(H,21,22,23). The second kappa shape index (κ2) is 7.63. The van der Waals surface area contributed by atoms with Crippen LogP contribution in [0.1, 0.15) is 23.0 Å². The lowest BCUT2D eigenvalue weighted by Gasteiger charge is -2.35. The highest BCUT2D eigenvalue weighted by Crippen LogP contribution is 2.20. The van der Waals surface area contributed by atoms with E-state index < -0.39 is 23.1 Å². The number of nitrogens with one attached hydrogen (secondary N) is 1. The molecule has 0 aliphatic carbocycles. The topological polar surface area (TPSA) is 61.4 Å². The summed E-state index contributed by atoms with van der Waals surface area (Å²) in [5, 5.41) is 3.09. The number of aryl methyl sites for hydroxylation is 1. The van der Waals surface area contributed by atoms with Crippen LogP contribution in [0.25, 0.3) is 0 Å². The van der Waals surface area contributed by atoms with Gasteiger partial charge < -0.3 is 15.1 Å². The largest absolute Gasteiger partial charge is 0.354 e. The number of hydrogen-bond acceptors (Lipinski definition) is 5. The van der Waals surface area contributed by atoms with Gasteiger partial charge in [0, 0.05) is 44.5 Å². The van der Waals surface area contributed by atoms with E-state index in [0.717, 1.165) is 30.2 Å². The Kier molecular flexibility index (Phi) is 5.29. The Labute approximate surface area is 150 Å². The number of amides is 1. The Bertz CT molecular complexity index is 786.